The summed E-state index contributed by atoms with van der Waals surface area (Å²) in [5.74, 6) is 0. The van der Waals surface area contributed by atoms with Crippen molar-refractivity contribution in [1.29, 1.82) is 0 Å². The minimum absolute atomic E-state index is 0.0950. The first-order chi connectivity index (χ1) is 12.2. The van der Waals surface area contributed by atoms with Crippen molar-refractivity contribution >= 4 is 37.3 Å². The lowest BCUT2D eigenvalue weighted by molar-refractivity contribution is 0.0729. The molecule has 2 fully saturated rings. The molecule has 2 saturated heterocycles. The highest BCUT2D eigenvalue weighted by Gasteiger charge is 2.33. The first-order valence-corrected chi connectivity index (χ1v) is 11.3. The number of hydrogen-bond acceptors (Lipinski definition) is 7. The van der Waals surface area contributed by atoms with Gasteiger partial charge in [-0.1, -0.05) is 11.6 Å². The largest absolute Gasteiger partial charge is 0.398 e. The number of halogens is 1. The number of nitrogens with zero attached hydrogens (tertiary/aromatic N) is 2. The molecule has 0 radical (unpaired) electrons. The van der Waals surface area contributed by atoms with E-state index in [4.69, 9.17) is 26.8 Å². The van der Waals surface area contributed by atoms with Gasteiger partial charge in [-0.25, -0.2) is 16.8 Å². The van der Waals surface area contributed by atoms with Crippen molar-refractivity contribution in [2.24, 2.45) is 0 Å². The van der Waals surface area contributed by atoms with E-state index >= 15 is 0 Å². The molecule has 0 bridgehead atoms. The first kappa shape index (κ1) is 19.8. The van der Waals surface area contributed by atoms with E-state index in [9.17, 15) is 16.8 Å². The molecule has 2 N–H and O–H groups in total. The molecule has 1 aromatic rings. The Morgan fingerprint density at radius 2 is 1.23 bits per heavy atom. The molecule has 0 unspecified atom stereocenters. The van der Waals surface area contributed by atoms with E-state index in [0.717, 1.165) is 6.07 Å². The molecule has 12 heteroatoms. The zero-order chi connectivity index (χ0) is 18.9. The Labute approximate surface area is 157 Å². The normalized spacial score (nSPS) is 21.0. The van der Waals surface area contributed by atoms with Crippen LogP contribution in [-0.2, 0) is 29.5 Å². The fraction of sp³-hybridized carbons (Fsp3) is 0.571. The van der Waals surface area contributed by atoms with Gasteiger partial charge in [0.15, 0.2) is 0 Å². The molecule has 0 saturated carbocycles. The summed E-state index contributed by atoms with van der Waals surface area (Å²) in [5.41, 5.74) is 5.76. The summed E-state index contributed by atoms with van der Waals surface area (Å²) in [7, 11) is -7.93. The van der Waals surface area contributed by atoms with E-state index in [1.54, 1.807) is 0 Å². The Morgan fingerprint density at radius 3 is 1.69 bits per heavy atom. The van der Waals surface area contributed by atoms with Gasteiger partial charge in [0.1, 0.15) is 9.79 Å². The van der Waals surface area contributed by atoms with E-state index in [1.807, 2.05) is 0 Å². The third-order valence-electron chi connectivity index (χ3n) is 4.24. The van der Waals surface area contributed by atoms with Gasteiger partial charge in [0.2, 0.25) is 20.0 Å². The van der Waals surface area contributed by atoms with E-state index in [0.29, 0.717) is 0 Å². The van der Waals surface area contributed by atoms with Crippen LogP contribution in [0.3, 0.4) is 0 Å². The van der Waals surface area contributed by atoms with Gasteiger partial charge in [0, 0.05) is 26.2 Å². The molecule has 0 aliphatic carbocycles. The van der Waals surface area contributed by atoms with Crippen molar-refractivity contribution in [2.45, 2.75) is 9.79 Å². The zero-order valence-electron chi connectivity index (χ0n) is 13.9. The SMILES string of the molecule is Nc1cc(Cl)c(S(=O)(=O)N2CCOCC2)cc1S(=O)(=O)N1CCOCC1. The summed E-state index contributed by atoms with van der Waals surface area (Å²) in [6, 6.07) is 2.22. The average molecular weight is 426 g/mol. The average Bonchev–Trinajstić information content (AvgIpc) is 2.62. The third-order valence-corrected chi connectivity index (χ3v) is 8.56. The highest BCUT2D eigenvalue weighted by atomic mass is 35.5. The second kappa shape index (κ2) is 7.58. The van der Waals surface area contributed by atoms with Crippen LogP contribution in [0.25, 0.3) is 0 Å². The minimum atomic E-state index is -3.96. The Morgan fingerprint density at radius 1 is 0.808 bits per heavy atom. The van der Waals surface area contributed by atoms with Gasteiger partial charge < -0.3 is 15.2 Å². The van der Waals surface area contributed by atoms with Crippen molar-refractivity contribution in [1.82, 2.24) is 8.61 Å². The quantitative estimate of drug-likeness (QED) is 0.672. The molecule has 0 spiro atoms. The standard InChI is InChI=1S/C14H20ClN3O6S2/c15-11-9-12(16)14(26(21,22)18-3-7-24-8-4-18)10-13(11)25(19,20)17-1-5-23-6-2-17/h9-10H,1-8,16H2. The van der Waals surface area contributed by atoms with Crippen molar-refractivity contribution in [3.05, 3.63) is 17.2 Å². The highest BCUT2D eigenvalue weighted by molar-refractivity contribution is 7.90. The minimum Gasteiger partial charge on any atom is -0.398 e. The van der Waals surface area contributed by atoms with E-state index in [2.05, 4.69) is 0 Å². The summed E-state index contributed by atoms with van der Waals surface area (Å²) in [6.45, 7) is 1.78. The highest BCUT2D eigenvalue weighted by Crippen LogP contribution is 2.33. The van der Waals surface area contributed by atoms with E-state index < -0.39 is 20.0 Å². The molecule has 9 nitrogen and oxygen atoms in total. The maximum absolute atomic E-state index is 12.9. The van der Waals surface area contributed by atoms with Gasteiger partial charge in [-0.2, -0.15) is 8.61 Å². The number of benzene rings is 1. The fourth-order valence-corrected chi connectivity index (χ4v) is 6.37. The predicted molar refractivity (Wildman–Crippen MR) is 95.0 cm³/mol. The number of anilines is 1. The zero-order valence-corrected chi connectivity index (χ0v) is 16.3. The van der Waals surface area contributed by atoms with Gasteiger partial charge in [-0.15, -0.1) is 0 Å². The van der Waals surface area contributed by atoms with Gasteiger partial charge in [-0.3, -0.25) is 0 Å². The monoisotopic (exact) mass is 425 g/mol. The molecule has 146 valence electrons. The summed E-state index contributed by atoms with van der Waals surface area (Å²) >= 11 is 6.10. The molecule has 2 heterocycles. The van der Waals surface area contributed by atoms with E-state index in [1.165, 1.54) is 14.7 Å². The number of ether oxygens (including phenoxy) is 2. The molecule has 0 atom stereocenters. The predicted octanol–water partition coefficient (Wildman–Crippen LogP) is -0.0360. The lowest BCUT2D eigenvalue weighted by atomic mass is 10.3. The summed E-state index contributed by atoms with van der Waals surface area (Å²) in [6.07, 6.45) is 0. The first-order valence-electron chi connectivity index (χ1n) is 7.99. The molecular weight excluding hydrogens is 406 g/mol. The van der Waals surface area contributed by atoms with Crippen LogP contribution in [0.1, 0.15) is 0 Å². The van der Waals surface area contributed by atoms with Crippen LogP contribution in [0.5, 0.6) is 0 Å². The van der Waals surface area contributed by atoms with Crippen LogP contribution in [0.2, 0.25) is 5.02 Å². The van der Waals surface area contributed by atoms with Crippen molar-refractivity contribution in [2.75, 3.05) is 58.3 Å². The summed E-state index contributed by atoms with van der Waals surface area (Å²) < 4.78 is 64.3. The molecule has 1 aromatic carbocycles. The van der Waals surface area contributed by atoms with Crippen LogP contribution in [0, 0.1) is 0 Å². The molecule has 2 aliphatic heterocycles. The second-order valence-electron chi connectivity index (χ2n) is 5.85. The Hall–Kier alpha value is -0.950. The maximum Gasteiger partial charge on any atom is 0.245 e. The molecule has 0 aromatic heterocycles. The van der Waals surface area contributed by atoms with Crippen molar-refractivity contribution in [3.8, 4) is 0 Å². The molecule has 3 rings (SSSR count). The van der Waals surface area contributed by atoms with Crippen LogP contribution < -0.4 is 5.73 Å². The van der Waals surface area contributed by atoms with Gasteiger partial charge >= 0.3 is 0 Å². The molecule has 26 heavy (non-hydrogen) atoms. The number of nitrogens with two attached hydrogens (primary N) is 1. The number of nitrogen functional groups attached to an aromatic ring is 1. The van der Waals surface area contributed by atoms with Gasteiger partial charge in [-0.05, 0) is 12.1 Å². The Kier molecular flexibility index (Phi) is 5.78. The van der Waals surface area contributed by atoms with Crippen molar-refractivity contribution in [3.63, 3.8) is 0 Å². The summed E-state index contributed by atoms with van der Waals surface area (Å²) in [5, 5.41) is -0.116. The van der Waals surface area contributed by atoms with Crippen LogP contribution in [0.15, 0.2) is 21.9 Å². The van der Waals surface area contributed by atoms with Crippen LogP contribution >= 0.6 is 11.6 Å². The molecule has 0 amide bonds. The Bertz CT molecular complexity index is 809. The summed E-state index contributed by atoms with van der Waals surface area (Å²) in [4.78, 5) is -0.544. The fourth-order valence-electron chi connectivity index (χ4n) is 2.82. The van der Waals surface area contributed by atoms with Crippen molar-refractivity contribution < 1.29 is 26.3 Å². The lowest BCUT2D eigenvalue weighted by Gasteiger charge is -2.28. The van der Waals surface area contributed by atoms with Crippen LogP contribution in [-0.4, -0.2) is 78.1 Å². The van der Waals surface area contributed by atoms with E-state index in [-0.39, 0.29) is 73.1 Å². The maximum atomic E-state index is 12.9. The topological polar surface area (TPSA) is 119 Å². The Balaban J connectivity index is 2.04. The molecule has 2 aliphatic rings. The smallest absolute Gasteiger partial charge is 0.245 e. The van der Waals surface area contributed by atoms with Gasteiger partial charge in [0.05, 0.1) is 37.1 Å². The third kappa shape index (κ3) is 3.70. The number of rotatable bonds is 4. The number of morpholine rings is 2. The second-order valence-corrected chi connectivity index (χ2v) is 10.1. The van der Waals surface area contributed by atoms with Gasteiger partial charge in [0.25, 0.3) is 0 Å². The number of sulfonamides is 2. The van der Waals surface area contributed by atoms with Crippen LogP contribution in [0.4, 0.5) is 5.69 Å². The lowest BCUT2D eigenvalue weighted by Crippen LogP contribution is -2.41. The molecular formula is C14H20ClN3O6S2. The number of hydrogen-bond donors (Lipinski definition) is 1.